The molecule has 2 rings (SSSR count). The van der Waals surface area contributed by atoms with Gasteiger partial charge in [-0.05, 0) is 42.5 Å². The van der Waals surface area contributed by atoms with Crippen LogP contribution in [0.25, 0.3) is 0 Å². The van der Waals surface area contributed by atoms with Crippen LogP contribution < -0.4 is 20.1 Å². The Kier molecular flexibility index (Phi) is 5.97. The Balaban J connectivity index is 2.12. The third-order valence-corrected chi connectivity index (χ3v) is 3.40. The first-order chi connectivity index (χ1) is 11.6. The number of rotatable bonds is 5. The molecule has 0 amide bonds. The lowest BCUT2D eigenvalue weighted by atomic mass is 10.2. The summed E-state index contributed by atoms with van der Waals surface area (Å²) in [5.74, 6) is 0.893. The molecule has 0 fully saturated rings. The van der Waals surface area contributed by atoms with E-state index in [1.165, 1.54) is 7.11 Å². The molecule has 0 saturated heterocycles. The van der Waals surface area contributed by atoms with Gasteiger partial charge >= 0.3 is 5.97 Å². The van der Waals surface area contributed by atoms with Crippen LogP contribution in [0.3, 0.4) is 0 Å². The number of esters is 1. The highest BCUT2D eigenvalue weighted by molar-refractivity contribution is 7.80. The Morgan fingerprint density at radius 2 is 1.79 bits per heavy atom. The number of carbonyl (C=O) groups excluding carboxylic acids is 1. The van der Waals surface area contributed by atoms with E-state index in [-0.39, 0.29) is 0 Å². The van der Waals surface area contributed by atoms with Crippen LogP contribution in [0.15, 0.2) is 42.5 Å². The predicted octanol–water partition coefficient (Wildman–Crippen LogP) is 3.30. The van der Waals surface area contributed by atoms with Gasteiger partial charge in [-0.3, -0.25) is 0 Å². The number of thiocarbonyl (C=S) groups is 1. The first kappa shape index (κ1) is 17.6. The van der Waals surface area contributed by atoms with Crippen molar-refractivity contribution in [2.24, 2.45) is 0 Å². The normalized spacial score (nSPS) is 9.79. The number of methoxy groups -OCH3 is 3. The highest BCUT2D eigenvalue weighted by atomic mass is 32.1. The molecule has 0 bridgehead atoms. The standard InChI is InChI=1S/C17H18N2O4S/c1-21-13-7-8-15(22-2)14(10-13)19-17(24)18-12-6-4-5-11(9-12)16(20)23-3/h4-10H,1-3H3,(H2,18,19,24). The van der Waals surface area contributed by atoms with E-state index in [1.807, 2.05) is 0 Å². The lowest BCUT2D eigenvalue weighted by Crippen LogP contribution is -2.19. The van der Waals surface area contributed by atoms with E-state index in [0.717, 1.165) is 0 Å². The summed E-state index contributed by atoms with van der Waals surface area (Å²) in [4.78, 5) is 11.6. The van der Waals surface area contributed by atoms with E-state index in [9.17, 15) is 4.79 Å². The first-order valence-corrected chi connectivity index (χ1v) is 7.46. The molecule has 126 valence electrons. The molecule has 0 unspecified atom stereocenters. The molecule has 0 aliphatic heterocycles. The molecule has 0 spiro atoms. The van der Waals surface area contributed by atoms with Crippen LogP contribution in [0.4, 0.5) is 11.4 Å². The van der Waals surface area contributed by atoms with Gasteiger partial charge in [0.15, 0.2) is 5.11 Å². The third-order valence-electron chi connectivity index (χ3n) is 3.20. The number of benzene rings is 2. The Labute approximate surface area is 145 Å². The monoisotopic (exact) mass is 346 g/mol. The van der Waals surface area contributed by atoms with Crippen molar-refractivity contribution in [3.05, 3.63) is 48.0 Å². The van der Waals surface area contributed by atoms with Crippen LogP contribution in [-0.2, 0) is 4.74 Å². The molecule has 2 N–H and O–H groups in total. The van der Waals surface area contributed by atoms with Crippen molar-refractivity contribution in [2.45, 2.75) is 0 Å². The van der Waals surface area contributed by atoms with E-state index in [2.05, 4.69) is 10.6 Å². The van der Waals surface area contributed by atoms with Crippen LogP contribution in [0, 0.1) is 0 Å². The molecular formula is C17H18N2O4S. The number of hydrogen-bond donors (Lipinski definition) is 2. The highest BCUT2D eigenvalue weighted by Crippen LogP contribution is 2.29. The van der Waals surface area contributed by atoms with Gasteiger partial charge in [-0.2, -0.15) is 0 Å². The van der Waals surface area contributed by atoms with Gasteiger partial charge in [0.1, 0.15) is 11.5 Å². The van der Waals surface area contributed by atoms with Gasteiger partial charge in [-0.25, -0.2) is 4.79 Å². The van der Waals surface area contributed by atoms with Gasteiger partial charge in [0.2, 0.25) is 0 Å². The molecule has 2 aromatic carbocycles. The fraction of sp³-hybridized carbons (Fsp3) is 0.176. The quantitative estimate of drug-likeness (QED) is 0.636. The van der Waals surface area contributed by atoms with E-state index in [1.54, 1.807) is 56.7 Å². The van der Waals surface area contributed by atoms with Crippen molar-refractivity contribution >= 4 is 34.7 Å². The molecule has 0 aliphatic carbocycles. The molecule has 7 heteroatoms. The van der Waals surface area contributed by atoms with Gasteiger partial charge in [0, 0.05) is 11.8 Å². The van der Waals surface area contributed by atoms with E-state index < -0.39 is 5.97 Å². The number of anilines is 2. The van der Waals surface area contributed by atoms with Crippen LogP contribution in [-0.4, -0.2) is 32.4 Å². The summed E-state index contributed by atoms with van der Waals surface area (Å²) in [5.41, 5.74) is 1.76. The van der Waals surface area contributed by atoms with Crippen molar-refractivity contribution in [1.29, 1.82) is 0 Å². The smallest absolute Gasteiger partial charge is 0.337 e. The lowest BCUT2D eigenvalue weighted by molar-refractivity contribution is 0.0601. The van der Waals surface area contributed by atoms with Gasteiger partial charge in [-0.1, -0.05) is 6.07 Å². The zero-order valence-corrected chi connectivity index (χ0v) is 14.4. The molecule has 0 heterocycles. The Morgan fingerprint density at radius 3 is 2.46 bits per heavy atom. The minimum absolute atomic E-state index is 0.351. The Bertz CT molecular complexity index is 749. The minimum atomic E-state index is -0.410. The van der Waals surface area contributed by atoms with Crippen molar-refractivity contribution in [3.8, 4) is 11.5 Å². The number of nitrogens with one attached hydrogen (secondary N) is 2. The molecule has 0 saturated carbocycles. The third kappa shape index (κ3) is 4.36. The summed E-state index contributed by atoms with van der Waals surface area (Å²) in [6.45, 7) is 0. The first-order valence-electron chi connectivity index (χ1n) is 7.05. The average Bonchev–Trinajstić information content (AvgIpc) is 2.61. The lowest BCUT2D eigenvalue weighted by Gasteiger charge is -2.14. The molecule has 24 heavy (non-hydrogen) atoms. The molecule has 0 aromatic heterocycles. The number of carbonyl (C=O) groups is 1. The van der Waals surface area contributed by atoms with E-state index in [4.69, 9.17) is 26.4 Å². The average molecular weight is 346 g/mol. The summed E-state index contributed by atoms with van der Waals surface area (Å²) >= 11 is 5.31. The summed E-state index contributed by atoms with van der Waals surface area (Å²) < 4.78 is 15.2. The molecular weight excluding hydrogens is 328 g/mol. The zero-order chi connectivity index (χ0) is 17.5. The molecule has 6 nitrogen and oxygen atoms in total. The minimum Gasteiger partial charge on any atom is -0.497 e. The fourth-order valence-electron chi connectivity index (χ4n) is 2.04. The van der Waals surface area contributed by atoms with Crippen molar-refractivity contribution in [3.63, 3.8) is 0 Å². The Morgan fingerprint density at radius 1 is 1.00 bits per heavy atom. The molecule has 0 atom stereocenters. The van der Waals surface area contributed by atoms with Crippen LogP contribution in [0.5, 0.6) is 11.5 Å². The predicted molar refractivity (Wildman–Crippen MR) is 97.2 cm³/mol. The molecule has 0 radical (unpaired) electrons. The summed E-state index contributed by atoms with van der Waals surface area (Å²) in [7, 11) is 4.49. The largest absolute Gasteiger partial charge is 0.497 e. The topological polar surface area (TPSA) is 68.8 Å². The van der Waals surface area contributed by atoms with Gasteiger partial charge in [-0.15, -0.1) is 0 Å². The fourth-order valence-corrected chi connectivity index (χ4v) is 2.27. The molecule has 2 aromatic rings. The zero-order valence-electron chi connectivity index (χ0n) is 13.6. The van der Waals surface area contributed by atoms with E-state index >= 15 is 0 Å². The van der Waals surface area contributed by atoms with Crippen molar-refractivity contribution < 1.29 is 19.0 Å². The van der Waals surface area contributed by atoms with Crippen LogP contribution >= 0.6 is 12.2 Å². The van der Waals surface area contributed by atoms with Crippen LogP contribution in [0.1, 0.15) is 10.4 Å². The second-order valence-corrected chi connectivity index (χ2v) is 5.13. The molecule has 0 aliphatic rings. The number of ether oxygens (including phenoxy) is 3. The van der Waals surface area contributed by atoms with Gasteiger partial charge in [0.05, 0.1) is 32.6 Å². The van der Waals surface area contributed by atoms with Crippen molar-refractivity contribution in [1.82, 2.24) is 0 Å². The summed E-state index contributed by atoms with van der Waals surface area (Å²) in [6.07, 6.45) is 0. The second kappa shape index (κ2) is 8.16. The Hall–Kier alpha value is -2.80. The highest BCUT2D eigenvalue weighted by Gasteiger charge is 2.09. The maximum absolute atomic E-state index is 11.6. The second-order valence-electron chi connectivity index (χ2n) is 4.72. The van der Waals surface area contributed by atoms with Gasteiger partial charge in [0.25, 0.3) is 0 Å². The van der Waals surface area contributed by atoms with Crippen LogP contribution in [0.2, 0.25) is 0 Å². The SMILES string of the molecule is COC(=O)c1cccc(NC(=S)Nc2cc(OC)ccc2OC)c1. The summed E-state index contributed by atoms with van der Waals surface area (Å²) in [6, 6.07) is 12.2. The van der Waals surface area contributed by atoms with E-state index in [0.29, 0.717) is 33.5 Å². The summed E-state index contributed by atoms with van der Waals surface area (Å²) in [5, 5.41) is 6.41. The van der Waals surface area contributed by atoms with Gasteiger partial charge < -0.3 is 24.8 Å². The maximum Gasteiger partial charge on any atom is 0.337 e. The maximum atomic E-state index is 11.6. The number of hydrogen-bond acceptors (Lipinski definition) is 5. The van der Waals surface area contributed by atoms with Crippen molar-refractivity contribution in [2.75, 3.05) is 32.0 Å².